The van der Waals surface area contributed by atoms with Gasteiger partial charge in [-0.05, 0) is 18.4 Å². The lowest BCUT2D eigenvalue weighted by atomic mass is 9.79. The highest BCUT2D eigenvalue weighted by Gasteiger charge is 2.35. The maximum Gasteiger partial charge on any atom is 0.307 e. The van der Waals surface area contributed by atoms with Crippen LogP contribution in [-0.2, 0) is 20.8 Å². The first-order valence-electron chi connectivity index (χ1n) is 7.43. The number of carbonyl (C=O) groups excluding carboxylic acids is 2. The van der Waals surface area contributed by atoms with Crippen molar-refractivity contribution in [3.8, 4) is 0 Å². The molecule has 6 nitrogen and oxygen atoms in total. The van der Waals surface area contributed by atoms with Crippen molar-refractivity contribution in [3.63, 3.8) is 0 Å². The van der Waals surface area contributed by atoms with Crippen LogP contribution in [0.1, 0.15) is 31.2 Å². The number of amides is 2. The SMILES string of the molecule is O=C(Cc1ccccc1)NNC(=O)[C@H]1CCCC[C@H]1C(=O)O. The lowest BCUT2D eigenvalue weighted by Gasteiger charge is -2.27. The zero-order chi connectivity index (χ0) is 15.9. The van der Waals surface area contributed by atoms with Gasteiger partial charge in [0.05, 0.1) is 18.3 Å². The van der Waals surface area contributed by atoms with E-state index in [1.54, 1.807) is 0 Å². The van der Waals surface area contributed by atoms with Crippen molar-refractivity contribution in [1.82, 2.24) is 10.9 Å². The Hall–Kier alpha value is -2.37. The first kappa shape index (κ1) is 16.0. The quantitative estimate of drug-likeness (QED) is 0.730. The molecule has 0 spiro atoms. The summed E-state index contributed by atoms with van der Waals surface area (Å²) in [5, 5.41) is 9.16. The number of nitrogens with one attached hydrogen (secondary N) is 2. The molecule has 1 aliphatic carbocycles. The number of benzene rings is 1. The van der Waals surface area contributed by atoms with Gasteiger partial charge in [-0.3, -0.25) is 25.2 Å². The Kier molecular flexibility index (Phi) is 5.52. The molecule has 1 saturated carbocycles. The van der Waals surface area contributed by atoms with Crippen LogP contribution >= 0.6 is 0 Å². The summed E-state index contributed by atoms with van der Waals surface area (Å²) in [4.78, 5) is 35.0. The predicted molar refractivity (Wildman–Crippen MR) is 79.5 cm³/mol. The topological polar surface area (TPSA) is 95.5 Å². The van der Waals surface area contributed by atoms with E-state index in [0.717, 1.165) is 18.4 Å². The maximum atomic E-state index is 12.1. The number of hydrogen-bond donors (Lipinski definition) is 3. The van der Waals surface area contributed by atoms with Crippen molar-refractivity contribution >= 4 is 17.8 Å². The summed E-state index contributed by atoms with van der Waals surface area (Å²) in [5.41, 5.74) is 5.55. The largest absolute Gasteiger partial charge is 0.481 e. The van der Waals surface area contributed by atoms with Crippen molar-refractivity contribution in [1.29, 1.82) is 0 Å². The number of rotatable bonds is 4. The van der Waals surface area contributed by atoms with Gasteiger partial charge in [-0.1, -0.05) is 43.2 Å². The van der Waals surface area contributed by atoms with Crippen LogP contribution in [0.4, 0.5) is 0 Å². The lowest BCUT2D eigenvalue weighted by Crippen LogP contribution is -2.48. The fraction of sp³-hybridized carbons (Fsp3) is 0.438. The monoisotopic (exact) mass is 304 g/mol. The van der Waals surface area contributed by atoms with Crippen molar-refractivity contribution in [2.45, 2.75) is 32.1 Å². The van der Waals surface area contributed by atoms with Crippen LogP contribution in [-0.4, -0.2) is 22.9 Å². The van der Waals surface area contributed by atoms with Gasteiger partial charge in [0, 0.05) is 0 Å². The van der Waals surface area contributed by atoms with Crippen molar-refractivity contribution in [2.75, 3.05) is 0 Å². The fourth-order valence-corrected chi connectivity index (χ4v) is 2.79. The molecule has 2 rings (SSSR count). The summed E-state index contributed by atoms with van der Waals surface area (Å²) < 4.78 is 0. The highest BCUT2D eigenvalue weighted by molar-refractivity contribution is 5.87. The molecule has 0 radical (unpaired) electrons. The van der Waals surface area contributed by atoms with Gasteiger partial charge in [-0.2, -0.15) is 0 Å². The molecular weight excluding hydrogens is 284 g/mol. The van der Waals surface area contributed by atoms with Crippen molar-refractivity contribution in [3.05, 3.63) is 35.9 Å². The standard InChI is InChI=1S/C16H20N2O4/c19-14(10-11-6-2-1-3-7-11)17-18-15(20)12-8-4-5-9-13(12)16(21)22/h1-3,6-7,12-13H,4-5,8-10H2,(H,17,19)(H,18,20)(H,21,22)/t12-,13+/m0/s1. The first-order valence-corrected chi connectivity index (χ1v) is 7.43. The average molecular weight is 304 g/mol. The summed E-state index contributed by atoms with van der Waals surface area (Å²) in [6.45, 7) is 0. The Labute approximate surface area is 128 Å². The van der Waals surface area contributed by atoms with E-state index < -0.39 is 23.7 Å². The van der Waals surface area contributed by atoms with E-state index in [-0.39, 0.29) is 12.3 Å². The Bertz CT molecular complexity index is 544. The van der Waals surface area contributed by atoms with Crippen molar-refractivity contribution < 1.29 is 19.5 Å². The van der Waals surface area contributed by atoms with Gasteiger partial charge in [0.1, 0.15) is 0 Å². The fourth-order valence-electron chi connectivity index (χ4n) is 2.79. The molecule has 2 atom stereocenters. The Morgan fingerprint density at radius 2 is 1.64 bits per heavy atom. The second kappa shape index (κ2) is 7.59. The van der Waals surface area contributed by atoms with E-state index in [1.165, 1.54) is 0 Å². The van der Waals surface area contributed by atoms with Gasteiger partial charge in [0.2, 0.25) is 11.8 Å². The predicted octanol–water partition coefficient (Wildman–Crippen LogP) is 1.27. The van der Waals surface area contributed by atoms with Crippen LogP contribution in [0.15, 0.2) is 30.3 Å². The number of carbonyl (C=O) groups is 3. The van der Waals surface area contributed by atoms with Crippen LogP contribution in [0, 0.1) is 11.8 Å². The molecule has 0 saturated heterocycles. The van der Waals surface area contributed by atoms with Gasteiger partial charge < -0.3 is 5.11 Å². The van der Waals surface area contributed by atoms with Crippen LogP contribution in [0.2, 0.25) is 0 Å². The van der Waals surface area contributed by atoms with Crippen LogP contribution in [0.3, 0.4) is 0 Å². The van der Waals surface area contributed by atoms with Gasteiger partial charge in [-0.15, -0.1) is 0 Å². The van der Waals surface area contributed by atoms with E-state index in [4.69, 9.17) is 5.11 Å². The summed E-state index contributed by atoms with van der Waals surface area (Å²) in [5.74, 6) is -2.95. The van der Waals surface area contributed by atoms with E-state index in [2.05, 4.69) is 10.9 Å². The molecule has 1 aromatic rings. The van der Waals surface area contributed by atoms with E-state index >= 15 is 0 Å². The average Bonchev–Trinajstić information content (AvgIpc) is 2.53. The molecule has 1 aliphatic rings. The normalized spacial score (nSPS) is 20.9. The molecule has 22 heavy (non-hydrogen) atoms. The molecule has 1 fully saturated rings. The second-order valence-corrected chi connectivity index (χ2v) is 5.54. The first-order chi connectivity index (χ1) is 10.6. The molecule has 6 heteroatoms. The van der Waals surface area contributed by atoms with Gasteiger partial charge in [-0.25, -0.2) is 0 Å². The molecule has 0 heterocycles. The van der Waals surface area contributed by atoms with E-state index in [1.807, 2.05) is 30.3 Å². The minimum atomic E-state index is -0.949. The summed E-state index contributed by atoms with van der Waals surface area (Å²) in [6.07, 6.45) is 2.86. The minimum Gasteiger partial charge on any atom is -0.481 e. The Morgan fingerprint density at radius 1 is 1.00 bits per heavy atom. The zero-order valence-corrected chi connectivity index (χ0v) is 12.2. The number of hydrazine groups is 1. The van der Waals surface area contributed by atoms with E-state index in [9.17, 15) is 14.4 Å². The molecular formula is C16H20N2O4. The number of carboxylic acid groups (broad SMARTS) is 1. The van der Waals surface area contributed by atoms with Crippen molar-refractivity contribution in [2.24, 2.45) is 11.8 Å². The van der Waals surface area contributed by atoms with Crippen LogP contribution < -0.4 is 10.9 Å². The summed E-state index contributed by atoms with van der Waals surface area (Å²) >= 11 is 0. The third-order valence-electron chi connectivity index (χ3n) is 3.95. The smallest absolute Gasteiger partial charge is 0.307 e. The maximum absolute atomic E-state index is 12.1. The highest BCUT2D eigenvalue weighted by Crippen LogP contribution is 2.30. The zero-order valence-electron chi connectivity index (χ0n) is 12.2. The molecule has 0 aliphatic heterocycles. The number of hydrogen-bond acceptors (Lipinski definition) is 3. The molecule has 0 aromatic heterocycles. The van der Waals surface area contributed by atoms with Gasteiger partial charge in [0.15, 0.2) is 0 Å². The summed E-state index contributed by atoms with van der Waals surface area (Å²) in [6, 6.07) is 9.17. The van der Waals surface area contributed by atoms with Gasteiger partial charge >= 0.3 is 5.97 Å². The molecule has 3 N–H and O–H groups in total. The second-order valence-electron chi connectivity index (χ2n) is 5.54. The molecule has 0 unspecified atom stereocenters. The van der Waals surface area contributed by atoms with Crippen LogP contribution in [0.5, 0.6) is 0 Å². The molecule has 118 valence electrons. The molecule has 2 amide bonds. The third kappa shape index (κ3) is 4.31. The number of carboxylic acids is 1. The third-order valence-corrected chi connectivity index (χ3v) is 3.95. The Morgan fingerprint density at radius 3 is 2.27 bits per heavy atom. The molecule has 0 bridgehead atoms. The Balaban J connectivity index is 1.83. The molecule has 1 aromatic carbocycles. The summed E-state index contributed by atoms with van der Waals surface area (Å²) in [7, 11) is 0. The number of aliphatic carboxylic acids is 1. The van der Waals surface area contributed by atoms with E-state index in [0.29, 0.717) is 12.8 Å². The van der Waals surface area contributed by atoms with Gasteiger partial charge in [0.25, 0.3) is 0 Å². The highest BCUT2D eigenvalue weighted by atomic mass is 16.4. The lowest BCUT2D eigenvalue weighted by molar-refractivity contribution is -0.149. The minimum absolute atomic E-state index is 0.161. The van der Waals surface area contributed by atoms with Crippen LogP contribution in [0.25, 0.3) is 0 Å².